The lowest BCUT2D eigenvalue weighted by Gasteiger charge is -2.32. The molecular weight excluding hydrogens is 526 g/mol. The third kappa shape index (κ3) is 6.85. The van der Waals surface area contributed by atoms with Crippen LogP contribution in [0.5, 0.6) is 5.75 Å². The van der Waals surface area contributed by atoms with Crippen LogP contribution in [0.2, 0.25) is 5.02 Å². The summed E-state index contributed by atoms with van der Waals surface area (Å²) in [6.07, 6.45) is 0. The fourth-order valence-electron chi connectivity index (χ4n) is 3.86. The summed E-state index contributed by atoms with van der Waals surface area (Å²) in [5.74, 6) is -0.300. The van der Waals surface area contributed by atoms with E-state index in [0.29, 0.717) is 17.3 Å². The van der Waals surface area contributed by atoms with Crippen molar-refractivity contribution < 1.29 is 22.7 Å². The number of hydrogen-bond acceptors (Lipinski definition) is 5. The third-order valence-electron chi connectivity index (χ3n) is 6.06. The molecule has 0 aliphatic carbocycles. The molecule has 0 spiro atoms. The van der Waals surface area contributed by atoms with Crippen LogP contribution < -0.4 is 14.4 Å². The fraction of sp³-hybridized carbons (Fsp3) is 0.286. The van der Waals surface area contributed by atoms with E-state index >= 15 is 0 Å². The molecule has 1 N–H and O–H groups in total. The number of rotatable bonds is 11. The monoisotopic (exact) mass is 557 g/mol. The molecule has 1 atom stereocenters. The Morgan fingerprint density at radius 3 is 2.37 bits per heavy atom. The molecule has 202 valence electrons. The molecule has 8 nitrogen and oxygen atoms in total. The molecule has 0 bridgehead atoms. The van der Waals surface area contributed by atoms with E-state index in [4.69, 9.17) is 16.3 Å². The number of aryl methyl sites for hydroxylation is 1. The number of carbonyl (C=O) groups excluding carboxylic acids is 2. The predicted octanol–water partition coefficient (Wildman–Crippen LogP) is 4.41. The zero-order chi connectivity index (χ0) is 27.9. The van der Waals surface area contributed by atoms with Gasteiger partial charge in [-0.2, -0.15) is 0 Å². The number of carbonyl (C=O) groups is 2. The van der Waals surface area contributed by atoms with E-state index in [9.17, 15) is 18.0 Å². The predicted molar refractivity (Wildman–Crippen MR) is 149 cm³/mol. The largest absolute Gasteiger partial charge is 0.497 e. The zero-order valence-electron chi connectivity index (χ0n) is 21.8. The molecule has 1 unspecified atom stereocenters. The second-order valence-corrected chi connectivity index (χ2v) is 11.0. The summed E-state index contributed by atoms with van der Waals surface area (Å²) in [5.41, 5.74) is 1.73. The summed E-state index contributed by atoms with van der Waals surface area (Å²) in [6, 6.07) is 19.0. The van der Waals surface area contributed by atoms with Crippen LogP contribution in [-0.2, 0) is 26.2 Å². The van der Waals surface area contributed by atoms with Crippen molar-refractivity contribution in [3.05, 3.63) is 88.9 Å². The molecule has 3 aromatic carbocycles. The summed E-state index contributed by atoms with van der Waals surface area (Å²) in [4.78, 5) is 28.0. The van der Waals surface area contributed by atoms with E-state index in [1.165, 1.54) is 23.1 Å². The molecule has 0 fully saturated rings. The number of likely N-dealkylation sites (N-methyl/N-ethyl adjacent to an activating group) is 1. The summed E-state index contributed by atoms with van der Waals surface area (Å²) in [6.45, 7) is 5.13. The minimum Gasteiger partial charge on any atom is -0.497 e. The van der Waals surface area contributed by atoms with Crippen LogP contribution in [0.15, 0.2) is 77.7 Å². The maximum atomic E-state index is 13.8. The first kappa shape index (κ1) is 29.0. The van der Waals surface area contributed by atoms with Gasteiger partial charge in [-0.15, -0.1) is 0 Å². The Bertz CT molecular complexity index is 1380. The number of benzene rings is 3. The quantitative estimate of drug-likeness (QED) is 0.377. The summed E-state index contributed by atoms with van der Waals surface area (Å²) >= 11 is 6.33. The van der Waals surface area contributed by atoms with Gasteiger partial charge in [0.05, 0.1) is 17.7 Å². The number of sulfonamides is 1. The maximum absolute atomic E-state index is 13.8. The first-order valence-electron chi connectivity index (χ1n) is 12.1. The topological polar surface area (TPSA) is 96.0 Å². The van der Waals surface area contributed by atoms with Gasteiger partial charge in [0.1, 0.15) is 18.3 Å². The Hall–Kier alpha value is -3.56. The fourth-order valence-corrected chi connectivity index (χ4v) is 5.46. The lowest BCUT2D eigenvalue weighted by molar-refractivity contribution is -0.139. The van der Waals surface area contributed by atoms with Gasteiger partial charge in [-0.05, 0) is 68.3 Å². The van der Waals surface area contributed by atoms with Gasteiger partial charge in [0.15, 0.2) is 0 Å². The molecule has 3 aromatic rings. The van der Waals surface area contributed by atoms with Gasteiger partial charge in [0.25, 0.3) is 10.0 Å². The highest BCUT2D eigenvalue weighted by molar-refractivity contribution is 7.92. The van der Waals surface area contributed by atoms with Crippen LogP contribution in [0.4, 0.5) is 5.69 Å². The SMILES string of the molecule is CCNC(=O)C(C)N(Cc1cccc(OC)c1)C(=O)CN(c1ccc(C)c(Cl)c1)S(=O)(=O)c1ccccc1. The normalized spacial score (nSPS) is 11.9. The van der Waals surface area contributed by atoms with Crippen molar-refractivity contribution in [2.45, 2.75) is 38.3 Å². The van der Waals surface area contributed by atoms with Crippen LogP contribution >= 0.6 is 11.6 Å². The Morgan fingerprint density at radius 1 is 1.03 bits per heavy atom. The van der Waals surface area contributed by atoms with Crippen molar-refractivity contribution >= 4 is 39.1 Å². The summed E-state index contributed by atoms with van der Waals surface area (Å²) in [7, 11) is -2.61. The summed E-state index contributed by atoms with van der Waals surface area (Å²) < 4.78 is 33.8. The van der Waals surface area contributed by atoms with Crippen molar-refractivity contribution in [2.24, 2.45) is 0 Å². The molecule has 0 saturated heterocycles. The smallest absolute Gasteiger partial charge is 0.264 e. The third-order valence-corrected chi connectivity index (χ3v) is 8.25. The molecule has 0 saturated carbocycles. The van der Waals surface area contributed by atoms with Crippen molar-refractivity contribution in [2.75, 3.05) is 24.5 Å². The molecule has 2 amide bonds. The maximum Gasteiger partial charge on any atom is 0.264 e. The number of nitrogens with zero attached hydrogens (tertiary/aromatic N) is 2. The number of hydrogen-bond donors (Lipinski definition) is 1. The van der Waals surface area contributed by atoms with Crippen molar-refractivity contribution in [1.82, 2.24) is 10.2 Å². The molecule has 0 radical (unpaired) electrons. The minimum atomic E-state index is -4.15. The molecule has 38 heavy (non-hydrogen) atoms. The van der Waals surface area contributed by atoms with Crippen LogP contribution in [0.3, 0.4) is 0 Å². The van der Waals surface area contributed by atoms with E-state index in [1.54, 1.807) is 76.4 Å². The van der Waals surface area contributed by atoms with Gasteiger partial charge in [0, 0.05) is 18.1 Å². The average Bonchev–Trinajstić information content (AvgIpc) is 2.92. The Morgan fingerprint density at radius 2 is 1.74 bits per heavy atom. The van der Waals surface area contributed by atoms with E-state index in [0.717, 1.165) is 15.4 Å². The molecular formula is C28H32ClN3O5S. The molecule has 3 rings (SSSR count). The van der Waals surface area contributed by atoms with E-state index in [2.05, 4.69) is 5.32 Å². The van der Waals surface area contributed by atoms with Gasteiger partial charge in [-0.3, -0.25) is 13.9 Å². The second kappa shape index (κ2) is 12.8. The highest BCUT2D eigenvalue weighted by atomic mass is 35.5. The lowest BCUT2D eigenvalue weighted by Crippen LogP contribution is -2.51. The van der Waals surface area contributed by atoms with Crippen LogP contribution in [0, 0.1) is 6.92 Å². The van der Waals surface area contributed by atoms with Gasteiger partial charge in [-0.25, -0.2) is 8.42 Å². The molecule has 0 aromatic heterocycles. The standard InChI is InChI=1S/C28H32ClN3O5S/c1-5-30-28(34)21(3)31(18-22-10-9-11-24(16-22)37-4)27(33)19-32(23-15-14-20(2)26(29)17-23)38(35,36)25-12-7-6-8-13-25/h6-17,21H,5,18-19H2,1-4H3,(H,30,34). The van der Waals surface area contributed by atoms with Gasteiger partial charge in [0.2, 0.25) is 11.8 Å². The molecule has 0 heterocycles. The van der Waals surface area contributed by atoms with Crippen molar-refractivity contribution in [1.29, 1.82) is 0 Å². The van der Waals surface area contributed by atoms with E-state index in [-0.39, 0.29) is 23.0 Å². The summed E-state index contributed by atoms with van der Waals surface area (Å²) in [5, 5.41) is 3.10. The van der Waals surface area contributed by atoms with E-state index in [1.807, 2.05) is 6.07 Å². The molecule has 0 aliphatic rings. The highest BCUT2D eigenvalue weighted by Crippen LogP contribution is 2.28. The second-order valence-electron chi connectivity index (χ2n) is 8.70. The van der Waals surface area contributed by atoms with Gasteiger partial charge < -0.3 is 15.0 Å². The average molecular weight is 558 g/mol. The van der Waals surface area contributed by atoms with Crippen molar-refractivity contribution in [3.8, 4) is 5.75 Å². The molecule has 0 aliphatic heterocycles. The number of anilines is 1. The number of halogens is 1. The van der Waals surface area contributed by atoms with Gasteiger partial charge in [-0.1, -0.05) is 48.0 Å². The molecule has 10 heteroatoms. The minimum absolute atomic E-state index is 0.0283. The van der Waals surface area contributed by atoms with Crippen LogP contribution in [0.25, 0.3) is 0 Å². The Labute approximate surface area is 229 Å². The van der Waals surface area contributed by atoms with Crippen LogP contribution in [0.1, 0.15) is 25.0 Å². The first-order valence-corrected chi connectivity index (χ1v) is 13.9. The lowest BCUT2D eigenvalue weighted by atomic mass is 10.1. The zero-order valence-corrected chi connectivity index (χ0v) is 23.4. The Balaban J connectivity index is 2.05. The van der Waals surface area contributed by atoms with E-state index < -0.39 is 28.5 Å². The number of ether oxygens (including phenoxy) is 1. The van der Waals surface area contributed by atoms with Crippen molar-refractivity contribution in [3.63, 3.8) is 0 Å². The Kier molecular flexibility index (Phi) is 9.77. The number of nitrogens with one attached hydrogen (secondary N) is 1. The first-order chi connectivity index (χ1) is 18.1. The number of amides is 2. The highest BCUT2D eigenvalue weighted by Gasteiger charge is 2.32. The van der Waals surface area contributed by atoms with Gasteiger partial charge >= 0.3 is 0 Å². The van der Waals surface area contributed by atoms with Crippen LogP contribution in [-0.4, -0.2) is 51.4 Å². The number of methoxy groups -OCH3 is 1.